The summed E-state index contributed by atoms with van der Waals surface area (Å²) < 4.78 is 26.3. The average Bonchev–Trinajstić information content (AvgIpc) is 2.65. The molecule has 0 saturated carbocycles. The van der Waals surface area contributed by atoms with Gasteiger partial charge in [-0.15, -0.1) is 0 Å². The molecular weight excluding hydrogens is 392 g/mol. The molecule has 2 N–H and O–H groups in total. The van der Waals surface area contributed by atoms with Crippen LogP contribution in [0.2, 0.25) is 5.02 Å². The lowest BCUT2D eigenvalue weighted by molar-refractivity contribution is 0.0844. The Bertz CT molecular complexity index is 949. The number of benzene rings is 1. The maximum Gasteiger partial charge on any atom is 0.288 e. The van der Waals surface area contributed by atoms with Crippen molar-refractivity contribution in [2.45, 2.75) is 24.8 Å². The molecule has 0 aliphatic rings. The van der Waals surface area contributed by atoms with E-state index in [9.17, 15) is 18.0 Å². The van der Waals surface area contributed by atoms with E-state index in [1.807, 2.05) is 0 Å². The highest BCUT2D eigenvalue weighted by Crippen LogP contribution is 2.23. The van der Waals surface area contributed by atoms with E-state index in [4.69, 9.17) is 11.6 Å². The number of carbonyl (C=O) groups excluding carboxylic acids is 2. The lowest BCUT2D eigenvalue weighted by atomic mass is 10.2. The summed E-state index contributed by atoms with van der Waals surface area (Å²) in [4.78, 5) is 28.1. The maximum atomic E-state index is 12.6. The van der Waals surface area contributed by atoms with Gasteiger partial charge in [0.1, 0.15) is 5.69 Å². The van der Waals surface area contributed by atoms with Gasteiger partial charge in [0.25, 0.3) is 11.8 Å². The van der Waals surface area contributed by atoms with Crippen LogP contribution in [0.1, 0.15) is 34.7 Å². The minimum absolute atomic E-state index is 0.0470. The van der Waals surface area contributed by atoms with Gasteiger partial charge in [0.2, 0.25) is 10.0 Å². The second-order valence-electron chi connectivity index (χ2n) is 5.88. The van der Waals surface area contributed by atoms with Crippen molar-refractivity contribution >= 4 is 33.4 Å². The molecular formula is C17H19ClN4O4S. The summed E-state index contributed by atoms with van der Waals surface area (Å²) in [6.45, 7) is 3.46. The zero-order valence-corrected chi connectivity index (χ0v) is 16.5. The largest absolute Gasteiger partial charge is 0.288 e. The smallest absolute Gasteiger partial charge is 0.267 e. The first-order valence-corrected chi connectivity index (χ1v) is 9.75. The Morgan fingerprint density at radius 2 is 1.78 bits per heavy atom. The van der Waals surface area contributed by atoms with Crippen LogP contribution in [0, 0.1) is 0 Å². The molecule has 0 aliphatic heterocycles. The lowest BCUT2D eigenvalue weighted by Crippen LogP contribution is -2.42. The Labute approximate surface area is 162 Å². The molecule has 2 rings (SSSR count). The number of sulfonamides is 1. The van der Waals surface area contributed by atoms with Gasteiger partial charge in [-0.2, -0.15) is 4.31 Å². The van der Waals surface area contributed by atoms with Gasteiger partial charge in [0.15, 0.2) is 0 Å². The molecule has 0 aliphatic carbocycles. The normalized spacial score (nSPS) is 11.5. The van der Waals surface area contributed by atoms with E-state index in [2.05, 4.69) is 15.8 Å². The number of hydrogen-bond donors (Lipinski definition) is 2. The second kappa shape index (κ2) is 8.47. The topological polar surface area (TPSA) is 108 Å². The summed E-state index contributed by atoms with van der Waals surface area (Å²) in [5.41, 5.74) is 4.42. The first-order valence-electron chi connectivity index (χ1n) is 7.94. The molecule has 0 atom stereocenters. The van der Waals surface area contributed by atoms with Crippen LogP contribution in [-0.2, 0) is 10.0 Å². The number of pyridine rings is 1. The predicted molar refractivity (Wildman–Crippen MR) is 101 cm³/mol. The van der Waals surface area contributed by atoms with E-state index in [1.54, 1.807) is 26.0 Å². The van der Waals surface area contributed by atoms with Crippen molar-refractivity contribution in [3.63, 3.8) is 0 Å². The molecule has 8 nitrogen and oxygen atoms in total. The van der Waals surface area contributed by atoms with E-state index >= 15 is 0 Å². The highest BCUT2D eigenvalue weighted by molar-refractivity contribution is 7.89. The number of rotatable bonds is 5. The number of halogens is 1. The molecule has 0 radical (unpaired) electrons. The standard InChI is InChI=1S/C17H19ClN4O4S/c1-11(2)22(3)27(25,26)12-7-8-14(18)13(10-12)16(23)20-21-17(24)15-6-4-5-9-19-15/h4-11H,1-3H3,(H,20,23)(H,21,24). The molecule has 2 amide bonds. The molecule has 0 unspecified atom stereocenters. The summed E-state index contributed by atoms with van der Waals surface area (Å²) in [7, 11) is -2.34. The zero-order valence-electron chi connectivity index (χ0n) is 14.9. The van der Waals surface area contributed by atoms with E-state index in [0.717, 1.165) is 0 Å². The summed E-state index contributed by atoms with van der Waals surface area (Å²) in [6.07, 6.45) is 1.44. The number of amides is 2. The molecule has 1 aromatic heterocycles. The Morgan fingerprint density at radius 3 is 2.37 bits per heavy atom. The van der Waals surface area contributed by atoms with Crippen LogP contribution in [0.4, 0.5) is 0 Å². The first kappa shape index (κ1) is 20.8. The third-order valence-corrected chi connectivity index (χ3v) is 6.13. The fraction of sp³-hybridized carbons (Fsp3) is 0.235. The minimum Gasteiger partial charge on any atom is -0.267 e. The van der Waals surface area contributed by atoms with Crippen molar-refractivity contribution in [3.05, 3.63) is 58.9 Å². The summed E-state index contributed by atoms with van der Waals surface area (Å²) in [6, 6.07) is 8.29. The number of hydrazine groups is 1. The molecule has 144 valence electrons. The minimum atomic E-state index is -3.79. The number of hydrogen-bond acceptors (Lipinski definition) is 5. The van der Waals surface area contributed by atoms with Crippen molar-refractivity contribution < 1.29 is 18.0 Å². The number of nitrogens with zero attached hydrogens (tertiary/aromatic N) is 2. The van der Waals surface area contributed by atoms with Crippen molar-refractivity contribution in [3.8, 4) is 0 Å². The molecule has 1 heterocycles. The van der Waals surface area contributed by atoms with E-state index in [1.165, 1.54) is 41.8 Å². The second-order valence-corrected chi connectivity index (χ2v) is 8.28. The summed E-state index contributed by atoms with van der Waals surface area (Å²) in [5, 5.41) is 0.0470. The average molecular weight is 411 g/mol. The molecule has 2 aromatic rings. The Hall–Kier alpha value is -2.49. The SMILES string of the molecule is CC(C)N(C)S(=O)(=O)c1ccc(Cl)c(C(=O)NNC(=O)c2ccccn2)c1. The molecule has 0 bridgehead atoms. The van der Waals surface area contributed by atoms with Crippen molar-refractivity contribution in [2.75, 3.05) is 7.05 Å². The van der Waals surface area contributed by atoms with Gasteiger partial charge >= 0.3 is 0 Å². The zero-order chi connectivity index (χ0) is 20.2. The van der Waals surface area contributed by atoms with Gasteiger partial charge in [0, 0.05) is 19.3 Å². The Kier molecular flexibility index (Phi) is 6.53. The number of nitrogens with one attached hydrogen (secondary N) is 2. The highest BCUT2D eigenvalue weighted by atomic mass is 35.5. The Morgan fingerprint density at radius 1 is 1.11 bits per heavy atom. The van der Waals surface area contributed by atoms with E-state index < -0.39 is 21.8 Å². The Balaban J connectivity index is 2.20. The van der Waals surface area contributed by atoms with Gasteiger partial charge in [-0.3, -0.25) is 25.4 Å². The van der Waals surface area contributed by atoms with Crippen LogP contribution in [0.5, 0.6) is 0 Å². The van der Waals surface area contributed by atoms with E-state index in [-0.39, 0.29) is 27.2 Å². The third-order valence-electron chi connectivity index (χ3n) is 3.77. The van der Waals surface area contributed by atoms with Gasteiger partial charge in [-0.25, -0.2) is 8.42 Å². The van der Waals surface area contributed by atoms with Gasteiger partial charge in [-0.05, 0) is 44.2 Å². The fourth-order valence-corrected chi connectivity index (χ4v) is 3.62. The molecule has 0 spiro atoms. The quantitative estimate of drug-likeness (QED) is 0.731. The van der Waals surface area contributed by atoms with Gasteiger partial charge in [0.05, 0.1) is 15.5 Å². The predicted octanol–water partition coefficient (Wildman–Crippen LogP) is 1.84. The van der Waals surface area contributed by atoms with Crippen molar-refractivity contribution in [2.24, 2.45) is 0 Å². The van der Waals surface area contributed by atoms with Crippen LogP contribution < -0.4 is 10.9 Å². The van der Waals surface area contributed by atoms with Gasteiger partial charge < -0.3 is 0 Å². The van der Waals surface area contributed by atoms with Crippen LogP contribution in [0.15, 0.2) is 47.5 Å². The van der Waals surface area contributed by atoms with Crippen LogP contribution in [0.3, 0.4) is 0 Å². The summed E-state index contributed by atoms with van der Waals surface area (Å²) in [5.74, 6) is -1.38. The third kappa shape index (κ3) is 4.82. The highest BCUT2D eigenvalue weighted by Gasteiger charge is 2.25. The molecule has 0 saturated heterocycles. The summed E-state index contributed by atoms with van der Waals surface area (Å²) >= 11 is 6.02. The monoisotopic (exact) mass is 410 g/mol. The van der Waals surface area contributed by atoms with Crippen LogP contribution in [0.25, 0.3) is 0 Å². The maximum absolute atomic E-state index is 12.6. The van der Waals surface area contributed by atoms with Crippen LogP contribution in [-0.4, -0.2) is 42.6 Å². The molecule has 10 heteroatoms. The number of aromatic nitrogens is 1. The number of carbonyl (C=O) groups is 2. The first-order chi connectivity index (χ1) is 12.6. The molecule has 0 fully saturated rings. The molecule has 1 aromatic carbocycles. The van der Waals surface area contributed by atoms with E-state index in [0.29, 0.717) is 0 Å². The van der Waals surface area contributed by atoms with Gasteiger partial charge in [-0.1, -0.05) is 17.7 Å². The lowest BCUT2D eigenvalue weighted by Gasteiger charge is -2.21. The van der Waals surface area contributed by atoms with Crippen molar-refractivity contribution in [1.82, 2.24) is 20.1 Å². The molecule has 27 heavy (non-hydrogen) atoms. The van der Waals surface area contributed by atoms with Crippen LogP contribution >= 0.6 is 11.6 Å². The fourth-order valence-electron chi connectivity index (χ4n) is 2.02. The van der Waals surface area contributed by atoms with Crippen molar-refractivity contribution in [1.29, 1.82) is 0 Å².